The summed E-state index contributed by atoms with van der Waals surface area (Å²) in [6.45, 7) is 1.86. The van der Waals surface area contributed by atoms with E-state index in [0.29, 0.717) is 25.8 Å². The molecule has 2 heterocycles. The number of benzene rings is 2. The van der Waals surface area contributed by atoms with E-state index in [2.05, 4.69) is 10.3 Å². The number of pyridine rings is 1. The number of aromatic nitrogens is 1. The lowest BCUT2D eigenvalue weighted by atomic mass is 10.1. The molecule has 2 aromatic carbocycles. The predicted molar refractivity (Wildman–Crippen MR) is 106 cm³/mol. The number of hydrogen-bond donors (Lipinski definition) is 2. The zero-order chi connectivity index (χ0) is 17.6. The van der Waals surface area contributed by atoms with Crippen molar-refractivity contribution in [2.45, 2.75) is 6.92 Å². The second-order valence-corrected chi connectivity index (χ2v) is 7.19. The number of aryl methyl sites for hydroxylation is 1. The first kappa shape index (κ1) is 15.9. The Bertz CT molecular complexity index is 1140. The SMILES string of the molecule is Cc1cc(Cl)c2c(N)c(C(=O)Nc3ccc4ccccc4c3)sc2n1. The zero-order valence-electron chi connectivity index (χ0n) is 13.3. The normalized spacial score (nSPS) is 11.1. The van der Waals surface area contributed by atoms with Crippen molar-refractivity contribution < 1.29 is 4.79 Å². The molecule has 0 saturated carbocycles. The number of carbonyl (C=O) groups is 1. The van der Waals surface area contributed by atoms with Crippen LogP contribution in [0.1, 0.15) is 15.4 Å². The third kappa shape index (κ3) is 2.81. The Hall–Kier alpha value is -2.63. The van der Waals surface area contributed by atoms with Crippen molar-refractivity contribution in [2.75, 3.05) is 11.1 Å². The van der Waals surface area contributed by atoms with E-state index in [1.54, 1.807) is 6.07 Å². The van der Waals surface area contributed by atoms with Crippen LogP contribution < -0.4 is 11.1 Å². The molecule has 2 aromatic heterocycles. The monoisotopic (exact) mass is 367 g/mol. The summed E-state index contributed by atoms with van der Waals surface area (Å²) in [5.74, 6) is -0.260. The maximum Gasteiger partial charge on any atom is 0.267 e. The molecule has 0 radical (unpaired) electrons. The number of amides is 1. The summed E-state index contributed by atoms with van der Waals surface area (Å²) >= 11 is 7.52. The average Bonchev–Trinajstić information content (AvgIpc) is 2.91. The highest BCUT2D eigenvalue weighted by molar-refractivity contribution is 7.21. The van der Waals surface area contributed by atoms with E-state index in [1.165, 1.54) is 11.3 Å². The minimum absolute atomic E-state index is 0.260. The largest absolute Gasteiger partial charge is 0.397 e. The number of rotatable bonds is 2. The number of nitrogens with one attached hydrogen (secondary N) is 1. The van der Waals surface area contributed by atoms with Gasteiger partial charge < -0.3 is 11.1 Å². The number of carbonyl (C=O) groups excluding carboxylic acids is 1. The van der Waals surface area contributed by atoms with Gasteiger partial charge in [-0.15, -0.1) is 11.3 Å². The van der Waals surface area contributed by atoms with Crippen molar-refractivity contribution in [3.05, 3.63) is 64.1 Å². The lowest BCUT2D eigenvalue weighted by molar-refractivity contribution is 0.103. The summed E-state index contributed by atoms with van der Waals surface area (Å²) in [6.07, 6.45) is 0. The summed E-state index contributed by atoms with van der Waals surface area (Å²) in [5, 5.41) is 6.24. The van der Waals surface area contributed by atoms with Crippen LogP contribution in [0.4, 0.5) is 11.4 Å². The van der Waals surface area contributed by atoms with Crippen molar-refractivity contribution in [2.24, 2.45) is 0 Å². The summed E-state index contributed by atoms with van der Waals surface area (Å²) in [5.41, 5.74) is 8.04. The second-order valence-electron chi connectivity index (χ2n) is 5.79. The Morgan fingerprint density at radius 3 is 2.72 bits per heavy atom. The van der Waals surface area contributed by atoms with Crippen LogP contribution in [0.2, 0.25) is 5.02 Å². The van der Waals surface area contributed by atoms with Crippen molar-refractivity contribution in [3.8, 4) is 0 Å². The molecule has 0 unspecified atom stereocenters. The summed E-state index contributed by atoms with van der Waals surface area (Å²) in [6, 6.07) is 15.5. The number of thiophene rings is 1. The van der Waals surface area contributed by atoms with E-state index < -0.39 is 0 Å². The molecular weight excluding hydrogens is 354 g/mol. The van der Waals surface area contributed by atoms with Crippen molar-refractivity contribution in [1.82, 2.24) is 4.98 Å². The molecule has 3 N–H and O–H groups in total. The third-order valence-corrected chi connectivity index (χ3v) is 5.39. The Kier molecular flexibility index (Phi) is 3.82. The molecule has 4 aromatic rings. The van der Waals surface area contributed by atoms with E-state index in [9.17, 15) is 4.79 Å². The molecule has 0 saturated heterocycles. The van der Waals surface area contributed by atoms with Gasteiger partial charge in [-0.05, 0) is 35.9 Å². The molecular formula is C19H14ClN3OS. The van der Waals surface area contributed by atoms with Gasteiger partial charge in [-0.25, -0.2) is 4.98 Å². The quantitative estimate of drug-likeness (QED) is 0.508. The number of nitrogen functional groups attached to an aromatic ring is 1. The average molecular weight is 368 g/mol. The predicted octanol–water partition coefficient (Wildman–Crippen LogP) is 5.25. The van der Waals surface area contributed by atoms with Crippen LogP contribution in [-0.2, 0) is 0 Å². The van der Waals surface area contributed by atoms with Gasteiger partial charge >= 0.3 is 0 Å². The molecule has 4 rings (SSSR count). The zero-order valence-corrected chi connectivity index (χ0v) is 14.9. The lowest BCUT2D eigenvalue weighted by Crippen LogP contribution is -2.11. The van der Waals surface area contributed by atoms with Crippen molar-refractivity contribution >= 4 is 61.2 Å². The number of halogens is 1. The van der Waals surface area contributed by atoms with Gasteiger partial charge in [-0.2, -0.15) is 0 Å². The number of hydrogen-bond acceptors (Lipinski definition) is 4. The Morgan fingerprint density at radius 1 is 1.16 bits per heavy atom. The summed E-state index contributed by atoms with van der Waals surface area (Å²) in [7, 11) is 0. The maximum absolute atomic E-state index is 12.7. The lowest BCUT2D eigenvalue weighted by Gasteiger charge is -2.06. The fourth-order valence-corrected chi connectivity index (χ4v) is 4.28. The maximum atomic E-state index is 12.7. The number of fused-ring (bicyclic) bond motifs is 2. The topological polar surface area (TPSA) is 68.0 Å². The molecule has 0 spiro atoms. The van der Waals surface area contributed by atoms with Crippen LogP contribution in [0.15, 0.2) is 48.5 Å². The molecule has 0 aliphatic rings. The minimum Gasteiger partial charge on any atom is -0.397 e. The molecule has 124 valence electrons. The highest BCUT2D eigenvalue weighted by atomic mass is 35.5. The van der Waals surface area contributed by atoms with Gasteiger partial charge in [0.15, 0.2) is 0 Å². The van der Waals surface area contributed by atoms with Gasteiger partial charge in [-0.1, -0.05) is 41.9 Å². The van der Waals surface area contributed by atoms with Crippen LogP contribution in [-0.4, -0.2) is 10.9 Å². The van der Waals surface area contributed by atoms with Crippen LogP contribution in [0.3, 0.4) is 0 Å². The summed E-state index contributed by atoms with van der Waals surface area (Å²) in [4.78, 5) is 18.2. The first-order chi connectivity index (χ1) is 12.0. The summed E-state index contributed by atoms with van der Waals surface area (Å²) < 4.78 is 0. The molecule has 4 nitrogen and oxygen atoms in total. The van der Waals surface area contributed by atoms with Gasteiger partial charge in [0.1, 0.15) is 9.71 Å². The van der Waals surface area contributed by atoms with E-state index in [1.807, 2.05) is 49.4 Å². The smallest absolute Gasteiger partial charge is 0.267 e. The first-order valence-electron chi connectivity index (χ1n) is 7.68. The molecule has 1 amide bonds. The fraction of sp³-hybridized carbons (Fsp3) is 0.0526. The molecule has 0 bridgehead atoms. The van der Waals surface area contributed by atoms with Crippen molar-refractivity contribution in [3.63, 3.8) is 0 Å². The van der Waals surface area contributed by atoms with Gasteiger partial charge in [0, 0.05) is 11.4 Å². The van der Waals surface area contributed by atoms with E-state index >= 15 is 0 Å². The van der Waals surface area contributed by atoms with Crippen molar-refractivity contribution in [1.29, 1.82) is 0 Å². The number of nitrogens with zero attached hydrogens (tertiary/aromatic N) is 1. The van der Waals surface area contributed by atoms with Gasteiger partial charge in [0.2, 0.25) is 0 Å². The van der Waals surface area contributed by atoms with Gasteiger partial charge in [0.05, 0.1) is 16.1 Å². The number of nitrogens with two attached hydrogens (primary N) is 1. The fourth-order valence-electron chi connectivity index (χ4n) is 2.81. The van der Waals surface area contributed by atoms with E-state index in [-0.39, 0.29) is 5.91 Å². The molecule has 0 aliphatic carbocycles. The van der Waals surface area contributed by atoms with Gasteiger partial charge in [0.25, 0.3) is 5.91 Å². The Balaban J connectivity index is 1.71. The van der Waals surface area contributed by atoms with Crippen LogP contribution >= 0.6 is 22.9 Å². The highest BCUT2D eigenvalue weighted by Crippen LogP contribution is 2.37. The molecule has 0 atom stereocenters. The Labute approximate surface area is 153 Å². The van der Waals surface area contributed by atoms with Gasteiger partial charge in [-0.3, -0.25) is 4.79 Å². The first-order valence-corrected chi connectivity index (χ1v) is 8.87. The molecule has 0 fully saturated rings. The van der Waals surface area contributed by atoms with Crippen LogP contribution in [0.25, 0.3) is 21.0 Å². The third-order valence-electron chi connectivity index (χ3n) is 3.99. The minimum atomic E-state index is -0.260. The van der Waals surface area contributed by atoms with Crippen LogP contribution in [0, 0.1) is 6.92 Å². The van der Waals surface area contributed by atoms with Crippen LogP contribution in [0.5, 0.6) is 0 Å². The molecule has 0 aliphatic heterocycles. The van der Waals surface area contributed by atoms with E-state index in [0.717, 1.165) is 22.2 Å². The number of anilines is 2. The standard InChI is InChI=1S/C19H14ClN3OS/c1-10-8-14(20)15-16(21)17(25-19(15)22-10)18(24)23-13-7-6-11-4-2-3-5-12(11)9-13/h2-9H,21H2,1H3,(H,23,24). The molecule has 25 heavy (non-hydrogen) atoms. The highest BCUT2D eigenvalue weighted by Gasteiger charge is 2.19. The second kappa shape index (κ2) is 6.02. The molecule has 6 heteroatoms. The van der Waals surface area contributed by atoms with E-state index in [4.69, 9.17) is 17.3 Å². The Morgan fingerprint density at radius 2 is 1.92 bits per heavy atom.